The third-order valence-electron chi connectivity index (χ3n) is 3.06. The second kappa shape index (κ2) is 6.04. The number of pyridine rings is 1. The van der Waals surface area contributed by atoms with Crippen LogP contribution in [0, 0.1) is 6.92 Å². The number of nitrogens with zero attached hydrogens (tertiary/aromatic N) is 2. The highest BCUT2D eigenvalue weighted by atomic mass is 35.5. The number of aromatic nitrogens is 1. The maximum atomic E-state index is 6.13. The lowest BCUT2D eigenvalue weighted by atomic mass is 10.1. The highest BCUT2D eigenvalue weighted by Gasteiger charge is 2.08. The van der Waals surface area contributed by atoms with Crippen molar-refractivity contribution in [1.82, 2.24) is 9.88 Å². The van der Waals surface area contributed by atoms with Crippen molar-refractivity contribution < 1.29 is 0 Å². The molecule has 100 valence electrons. The van der Waals surface area contributed by atoms with E-state index in [0.29, 0.717) is 17.4 Å². The molecule has 0 saturated heterocycles. The first kappa shape index (κ1) is 13.8. The largest absolute Gasteiger partial charge is 0.384 e. The molecule has 0 aliphatic heterocycles. The molecule has 0 unspecified atom stereocenters. The van der Waals surface area contributed by atoms with E-state index in [1.54, 1.807) is 12.1 Å². The number of anilines is 1. The molecule has 0 spiro atoms. The summed E-state index contributed by atoms with van der Waals surface area (Å²) < 4.78 is 0. The van der Waals surface area contributed by atoms with Crippen LogP contribution >= 0.6 is 11.6 Å². The molecule has 2 aromatic rings. The van der Waals surface area contributed by atoms with Crippen LogP contribution in [0.4, 0.5) is 5.82 Å². The lowest BCUT2D eigenvalue weighted by molar-refractivity contribution is 0.314. The van der Waals surface area contributed by atoms with Gasteiger partial charge >= 0.3 is 0 Å². The Labute approximate surface area is 119 Å². The van der Waals surface area contributed by atoms with Gasteiger partial charge in [-0.25, -0.2) is 4.98 Å². The lowest BCUT2D eigenvalue weighted by Gasteiger charge is -2.18. The average molecular weight is 276 g/mol. The molecule has 0 aliphatic rings. The summed E-state index contributed by atoms with van der Waals surface area (Å²) in [5.74, 6) is 0.503. The van der Waals surface area contributed by atoms with Gasteiger partial charge in [-0.3, -0.25) is 4.90 Å². The standard InChI is InChI=1S/C15H18ClN3/c1-11-5-3-4-6-12(11)9-19(2)10-14-13(16)7-8-15(17)18-14/h3-8H,9-10H2,1-2H3,(H2,17,18). The third-order valence-corrected chi connectivity index (χ3v) is 3.41. The average Bonchev–Trinajstić information content (AvgIpc) is 2.37. The number of benzene rings is 1. The van der Waals surface area contributed by atoms with E-state index in [0.717, 1.165) is 12.2 Å². The number of hydrogen-bond donors (Lipinski definition) is 1. The smallest absolute Gasteiger partial charge is 0.123 e. The van der Waals surface area contributed by atoms with E-state index in [1.165, 1.54) is 11.1 Å². The zero-order valence-corrected chi connectivity index (χ0v) is 12.0. The van der Waals surface area contributed by atoms with Crippen molar-refractivity contribution >= 4 is 17.4 Å². The van der Waals surface area contributed by atoms with Crippen LogP contribution in [0.1, 0.15) is 16.8 Å². The molecule has 0 radical (unpaired) electrons. The molecule has 1 aromatic carbocycles. The van der Waals surface area contributed by atoms with Gasteiger partial charge in [-0.05, 0) is 37.2 Å². The summed E-state index contributed by atoms with van der Waals surface area (Å²) in [6, 6.07) is 11.9. The van der Waals surface area contributed by atoms with Crippen LogP contribution in [-0.2, 0) is 13.1 Å². The molecule has 4 heteroatoms. The Kier molecular flexibility index (Phi) is 4.40. The molecule has 1 aromatic heterocycles. The van der Waals surface area contributed by atoms with Crippen molar-refractivity contribution in [2.24, 2.45) is 0 Å². The number of halogens is 1. The van der Waals surface area contributed by atoms with E-state index < -0.39 is 0 Å². The molecule has 0 bridgehead atoms. The van der Waals surface area contributed by atoms with Crippen LogP contribution in [0.5, 0.6) is 0 Å². The van der Waals surface area contributed by atoms with Gasteiger partial charge in [0, 0.05) is 13.1 Å². The fourth-order valence-corrected chi connectivity index (χ4v) is 2.17. The monoisotopic (exact) mass is 275 g/mol. The van der Waals surface area contributed by atoms with Crippen LogP contribution in [0.25, 0.3) is 0 Å². The van der Waals surface area contributed by atoms with E-state index in [1.807, 2.05) is 7.05 Å². The van der Waals surface area contributed by atoms with Crippen LogP contribution in [0.15, 0.2) is 36.4 Å². The molecule has 3 nitrogen and oxygen atoms in total. The van der Waals surface area contributed by atoms with E-state index in [2.05, 4.69) is 41.1 Å². The second-order valence-electron chi connectivity index (χ2n) is 4.76. The van der Waals surface area contributed by atoms with Crippen LogP contribution in [0.2, 0.25) is 5.02 Å². The molecule has 0 saturated carbocycles. The predicted octanol–water partition coefficient (Wildman–Crippen LogP) is 3.26. The number of hydrogen-bond acceptors (Lipinski definition) is 3. The van der Waals surface area contributed by atoms with Crippen LogP contribution in [0.3, 0.4) is 0 Å². The lowest BCUT2D eigenvalue weighted by Crippen LogP contribution is -2.19. The Balaban J connectivity index is 2.07. The fourth-order valence-electron chi connectivity index (χ4n) is 2.00. The summed E-state index contributed by atoms with van der Waals surface area (Å²) in [4.78, 5) is 6.46. The Morgan fingerprint density at radius 1 is 1.16 bits per heavy atom. The Morgan fingerprint density at radius 3 is 2.63 bits per heavy atom. The van der Waals surface area contributed by atoms with Crippen molar-refractivity contribution in [2.45, 2.75) is 20.0 Å². The maximum Gasteiger partial charge on any atom is 0.123 e. The summed E-state index contributed by atoms with van der Waals surface area (Å²) >= 11 is 6.13. The molecule has 0 fully saturated rings. The molecule has 19 heavy (non-hydrogen) atoms. The van der Waals surface area contributed by atoms with E-state index in [4.69, 9.17) is 17.3 Å². The predicted molar refractivity (Wildman–Crippen MR) is 80.0 cm³/mol. The zero-order valence-electron chi connectivity index (χ0n) is 11.2. The van der Waals surface area contributed by atoms with Crippen molar-refractivity contribution in [3.63, 3.8) is 0 Å². The molecule has 2 rings (SSSR count). The van der Waals surface area contributed by atoms with E-state index >= 15 is 0 Å². The van der Waals surface area contributed by atoms with Gasteiger partial charge in [0.05, 0.1) is 10.7 Å². The van der Waals surface area contributed by atoms with Crippen molar-refractivity contribution in [2.75, 3.05) is 12.8 Å². The summed E-state index contributed by atoms with van der Waals surface area (Å²) in [5, 5.41) is 0.658. The first-order chi connectivity index (χ1) is 9.06. The maximum absolute atomic E-state index is 6.13. The highest BCUT2D eigenvalue weighted by Crippen LogP contribution is 2.18. The fraction of sp³-hybridized carbons (Fsp3) is 0.267. The van der Waals surface area contributed by atoms with Crippen LogP contribution in [-0.4, -0.2) is 16.9 Å². The van der Waals surface area contributed by atoms with Crippen LogP contribution < -0.4 is 5.73 Å². The summed E-state index contributed by atoms with van der Waals surface area (Å²) in [6.45, 7) is 3.66. The topological polar surface area (TPSA) is 42.2 Å². The van der Waals surface area contributed by atoms with Crippen molar-refractivity contribution in [1.29, 1.82) is 0 Å². The SMILES string of the molecule is Cc1ccccc1CN(C)Cc1nc(N)ccc1Cl. The van der Waals surface area contributed by atoms with Gasteiger partial charge < -0.3 is 5.73 Å². The number of nitrogens with two attached hydrogens (primary N) is 1. The Morgan fingerprint density at radius 2 is 1.89 bits per heavy atom. The third kappa shape index (κ3) is 3.69. The normalized spacial score (nSPS) is 10.9. The van der Waals surface area contributed by atoms with Gasteiger partial charge in [0.1, 0.15) is 5.82 Å². The summed E-state index contributed by atoms with van der Waals surface area (Å²) in [7, 11) is 2.05. The summed E-state index contributed by atoms with van der Waals surface area (Å²) in [6.07, 6.45) is 0. The first-order valence-electron chi connectivity index (χ1n) is 6.20. The second-order valence-corrected chi connectivity index (χ2v) is 5.17. The first-order valence-corrected chi connectivity index (χ1v) is 6.58. The molecule has 0 aliphatic carbocycles. The van der Waals surface area contributed by atoms with Crippen molar-refractivity contribution in [3.8, 4) is 0 Å². The van der Waals surface area contributed by atoms with Crippen molar-refractivity contribution in [3.05, 3.63) is 58.2 Å². The van der Waals surface area contributed by atoms with Gasteiger partial charge in [-0.15, -0.1) is 0 Å². The zero-order chi connectivity index (χ0) is 13.8. The minimum Gasteiger partial charge on any atom is -0.384 e. The van der Waals surface area contributed by atoms with Gasteiger partial charge in [-0.1, -0.05) is 35.9 Å². The van der Waals surface area contributed by atoms with E-state index in [9.17, 15) is 0 Å². The van der Waals surface area contributed by atoms with Gasteiger partial charge in [0.25, 0.3) is 0 Å². The van der Waals surface area contributed by atoms with Gasteiger partial charge in [0.2, 0.25) is 0 Å². The van der Waals surface area contributed by atoms with Gasteiger partial charge in [0.15, 0.2) is 0 Å². The molecular weight excluding hydrogens is 258 g/mol. The van der Waals surface area contributed by atoms with Gasteiger partial charge in [-0.2, -0.15) is 0 Å². The molecule has 2 N–H and O–H groups in total. The number of nitrogen functional groups attached to an aromatic ring is 1. The van der Waals surface area contributed by atoms with E-state index in [-0.39, 0.29) is 0 Å². The highest BCUT2D eigenvalue weighted by molar-refractivity contribution is 6.31. The minimum absolute atomic E-state index is 0.503. The Bertz CT molecular complexity index is 569. The quantitative estimate of drug-likeness (QED) is 0.931. The Hall–Kier alpha value is -1.58. The molecular formula is C15H18ClN3. The molecule has 0 amide bonds. The summed E-state index contributed by atoms with van der Waals surface area (Å²) in [5.41, 5.74) is 9.11. The molecule has 1 heterocycles. The molecule has 0 atom stereocenters. The minimum atomic E-state index is 0.503. The number of rotatable bonds is 4. The number of aryl methyl sites for hydroxylation is 1.